The molecule has 1 aliphatic rings. The summed E-state index contributed by atoms with van der Waals surface area (Å²) in [6, 6.07) is 10.1. The van der Waals surface area contributed by atoms with E-state index in [1.807, 2.05) is 12.1 Å². The van der Waals surface area contributed by atoms with Crippen molar-refractivity contribution in [1.82, 2.24) is 4.90 Å². The van der Waals surface area contributed by atoms with Gasteiger partial charge in [-0.1, -0.05) is 0 Å². The minimum absolute atomic E-state index is 0.737. The summed E-state index contributed by atoms with van der Waals surface area (Å²) in [6.07, 6.45) is 2.52. The Morgan fingerprint density at radius 2 is 1.83 bits per heavy atom. The highest BCUT2D eigenvalue weighted by molar-refractivity contribution is 5.49. The fourth-order valence-corrected chi connectivity index (χ4v) is 2.64. The molecule has 1 aromatic carbocycles. The van der Waals surface area contributed by atoms with Crippen LogP contribution in [0.1, 0.15) is 18.4 Å². The van der Waals surface area contributed by atoms with Crippen LogP contribution in [0, 0.1) is 17.2 Å². The zero-order chi connectivity index (χ0) is 13.0. The number of benzene rings is 1. The second-order valence-corrected chi connectivity index (χ2v) is 5.35. The molecule has 0 saturated carbocycles. The molecule has 18 heavy (non-hydrogen) atoms. The molecular formula is C15H21N3. The number of hydrogen-bond donors (Lipinski definition) is 0. The molecule has 1 fully saturated rings. The van der Waals surface area contributed by atoms with E-state index in [2.05, 4.69) is 42.1 Å². The summed E-state index contributed by atoms with van der Waals surface area (Å²) in [6.45, 7) is 3.45. The Hall–Kier alpha value is -1.53. The Labute approximate surface area is 110 Å². The molecule has 3 nitrogen and oxygen atoms in total. The molecule has 1 heterocycles. The largest absolute Gasteiger partial charge is 0.372 e. The molecule has 0 radical (unpaired) electrons. The lowest BCUT2D eigenvalue weighted by Crippen LogP contribution is -2.37. The van der Waals surface area contributed by atoms with Crippen molar-refractivity contribution in [2.45, 2.75) is 12.8 Å². The van der Waals surface area contributed by atoms with Crippen LogP contribution < -0.4 is 4.90 Å². The molecule has 0 amide bonds. The molecule has 0 aliphatic carbocycles. The molecule has 0 unspecified atom stereocenters. The smallest absolute Gasteiger partial charge is 0.0991 e. The Balaban J connectivity index is 1.91. The van der Waals surface area contributed by atoms with Crippen molar-refractivity contribution in [2.24, 2.45) is 5.92 Å². The average molecular weight is 243 g/mol. The average Bonchev–Trinajstić information content (AvgIpc) is 2.39. The molecule has 2 rings (SSSR count). The van der Waals surface area contributed by atoms with Crippen molar-refractivity contribution in [2.75, 3.05) is 38.6 Å². The number of anilines is 1. The van der Waals surface area contributed by atoms with Crippen LogP contribution in [0.4, 0.5) is 5.69 Å². The van der Waals surface area contributed by atoms with Crippen LogP contribution >= 0.6 is 0 Å². The van der Waals surface area contributed by atoms with Gasteiger partial charge in [-0.15, -0.1) is 0 Å². The van der Waals surface area contributed by atoms with Crippen LogP contribution in [-0.4, -0.2) is 38.6 Å². The molecule has 0 spiro atoms. The van der Waals surface area contributed by atoms with Gasteiger partial charge >= 0.3 is 0 Å². The third-order valence-electron chi connectivity index (χ3n) is 3.60. The van der Waals surface area contributed by atoms with Crippen molar-refractivity contribution >= 4 is 5.69 Å². The molecule has 0 atom stereocenters. The molecule has 1 aromatic rings. The van der Waals surface area contributed by atoms with Gasteiger partial charge in [0.15, 0.2) is 0 Å². The maximum Gasteiger partial charge on any atom is 0.0991 e. The first-order valence-electron chi connectivity index (χ1n) is 6.59. The monoisotopic (exact) mass is 243 g/mol. The third-order valence-corrected chi connectivity index (χ3v) is 3.60. The van der Waals surface area contributed by atoms with Crippen molar-refractivity contribution in [1.29, 1.82) is 5.26 Å². The van der Waals surface area contributed by atoms with Gasteiger partial charge in [0.25, 0.3) is 0 Å². The highest BCUT2D eigenvalue weighted by Crippen LogP contribution is 2.23. The highest BCUT2D eigenvalue weighted by atomic mass is 15.1. The molecule has 96 valence electrons. The topological polar surface area (TPSA) is 30.3 Å². The minimum atomic E-state index is 0.737. The molecular weight excluding hydrogens is 222 g/mol. The van der Waals surface area contributed by atoms with E-state index >= 15 is 0 Å². The van der Waals surface area contributed by atoms with E-state index in [1.54, 1.807) is 0 Å². The van der Waals surface area contributed by atoms with Crippen molar-refractivity contribution in [3.05, 3.63) is 29.8 Å². The molecule has 1 saturated heterocycles. The van der Waals surface area contributed by atoms with E-state index in [1.165, 1.54) is 25.1 Å². The number of nitriles is 1. The van der Waals surface area contributed by atoms with E-state index in [0.29, 0.717) is 0 Å². The summed E-state index contributed by atoms with van der Waals surface area (Å²) in [5, 5.41) is 8.79. The van der Waals surface area contributed by atoms with Crippen LogP contribution in [0.15, 0.2) is 24.3 Å². The van der Waals surface area contributed by atoms with Gasteiger partial charge in [0.1, 0.15) is 0 Å². The molecule has 1 aliphatic heterocycles. The van der Waals surface area contributed by atoms with E-state index in [-0.39, 0.29) is 0 Å². The van der Waals surface area contributed by atoms with Gasteiger partial charge in [-0.05, 0) is 57.1 Å². The van der Waals surface area contributed by atoms with Gasteiger partial charge in [0, 0.05) is 25.3 Å². The standard InChI is InChI=1S/C15H21N3/c1-17(2)12-14-7-9-18(10-8-14)15-5-3-13(11-16)4-6-15/h3-6,14H,7-10,12H2,1-2H3. The maximum absolute atomic E-state index is 8.79. The van der Waals surface area contributed by atoms with Crippen LogP contribution in [-0.2, 0) is 0 Å². The Kier molecular flexibility index (Phi) is 4.22. The maximum atomic E-state index is 8.79. The number of rotatable bonds is 3. The Morgan fingerprint density at radius 1 is 1.22 bits per heavy atom. The van der Waals surface area contributed by atoms with E-state index < -0.39 is 0 Å². The fraction of sp³-hybridized carbons (Fsp3) is 0.533. The normalized spacial score (nSPS) is 16.9. The number of hydrogen-bond acceptors (Lipinski definition) is 3. The summed E-state index contributed by atoms with van der Waals surface area (Å²) >= 11 is 0. The van der Waals surface area contributed by atoms with Gasteiger partial charge in [-0.3, -0.25) is 0 Å². The van der Waals surface area contributed by atoms with Gasteiger partial charge in [-0.2, -0.15) is 5.26 Å². The third kappa shape index (κ3) is 3.24. The lowest BCUT2D eigenvalue weighted by Gasteiger charge is -2.34. The van der Waals surface area contributed by atoms with Crippen LogP contribution in [0.5, 0.6) is 0 Å². The van der Waals surface area contributed by atoms with Crippen molar-refractivity contribution < 1.29 is 0 Å². The first-order valence-corrected chi connectivity index (χ1v) is 6.59. The molecule has 0 N–H and O–H groups in total. The Morgan fingerprint density at radius 3 is 2.33 bits per heavy atom. The summed E-state index contributed by atoms with van der Waals surface area (Å²) in [4.78, 5) is 4.70. The van der Waals surface area contributed by atoms with Crippen LogP contribution in [0.2, 0.25) is 0 Å². The molecule has 0 aromatic heterocycles. The number of nitrogens with zero attached hydrogens (tertiary/aromatic N) is 3. The molecule has 3 heteroatoms. The summed E-state index contributed by atoms with van der Waals surface area (Å²) in [5.74, 6) is 0.828. The second-order valence-electron chi connectivity index (χ2n) is 5.35. The lowest BCUT2D eigenvalue weighted by atomic mass is 9.96. The quantitative estimate of drug-likeness (QED) is 0.816. The predicted molar refractivity (Wildman–Crippen MR) is 74.6 cm³/mol. The first kappa shape index (κ1) is 12.9. The zero-order valence-corrected chi connectivity index (χ0v) is 11.3. The lowest BCUT2D eigenvalue weighted by molar-refractivity contribution is 0.285. The Bertz CT molecular complexity index is 408. The highest BCUT2D eigenvalue weighted by Gasteiger charge is 2.19. The van der Waals surface area contributed by atoms with Crippen molar-refractivity contribution in [3.8, 4) is 6.07 Å². The van der Waals surface area contributed by atoms with Gasteiger partial charge in [0.05, 0.1) is 11.6 Å². The second kappa shape index (κ2) is 5.88. The summed E-state index contributed by atoms with van der Waals surface area (Å²) in [5.41, 5.74) is 1.98. The SMILES string of the molecule is CN(C)CC1CCN(c2ccc(C#N)cc2)CC1. The summed E-state index contributed by atoms with van der Waals surface area (Å²) < 4.78 is 0. The first-order chi connectivity index (χ1) is 8.69. The van der Waals surface area contributed by atoms with Crippen LogP contribution in [0.25, 0.3) is 0 Å². The zero-order valence-electron chi connectivity index (χ0n) is 11.3. The summed E-state index contributed by atoms with van der Waals surface area (Å²) in [7, 11) is 4.29. The van der Waals surface area contributed by atoms with E-state index in [4.69, 9.17) is 5.26 Å². The van der Waals surface area contributed by atoms with Gasteiger partial charge in [0.2, 0.25) is 0 Å². The van der Waals surface area contributed by atoms with Crippen LogP contribution in [0.3, 0.4) is 0 Å². The molecule has 0 bridgehead atoms. The predicted octanol–water partition coefficient (Wildman–Crippen LogP) is 2.34. The van der Waals surface area contributed by atoms with Gasteiger partial charge in [-0.25, -0.2) is 0 Å². The fourth-order valence-electron chi connectivity index (χ4n) is 2.64. The van der Waals surface area contributed by atoms with E-state index in [0.717, 1.165) is 24.6 Å². The van der Waals surface area contributed by atoms with E-state index in [9.17, 15) is 0 Å². The minimum Gasteiger partial charge on any atom is -0.372 e. The van der Waals surface area contributed by atoms with Crippen molar-refractivity contribution in [3.63, 3.8) is 0 Å². The number of piperidine rings is 1. The van der Waals surface area contributed by atoms with Gasteiger partial charge < -0.3 is 9.80 Å².